The van der Waals surface area contributed by atoms with Gasteiger partial charge in [-0.15, -0.1) is 0 Å². The van der Waals surface area contributed by atoms with Gasteiger partial charge in [0.15, 0.2) is 0 Å². The SMILES string of the molecule is CC1CCCC(O)(C2CC(C)CCN2)CC1. The molecule has 16 heavy (non-hydrogen) atoms. The van der Waals surface area contributed by atoms with Crippen molar-refractivity contribution in [3.05, 3.63) is 0 Å². The molecule has 2 heteroatoms. The van der Waals surface area contributed by atoms with E-state index in [-0.39, 0.29) is 0 Å². The molecule has 0 radical (unpaired) electrons. The number of rotatable bonds is 1. The molecule has 94 valence electrons. The first-order valence-corrected chi connectivity index (χ1v) is 7.06. The quantitative estimate of drug-likeness (QED) is 0.673. The Morgan fingerprint density at radius 2 is 1.88 bits per heavy atom. The van der Waals surface area contributed by atoms with Crippen molar-refractivity contribution < 1.29 is 5.11 Å². The third-order valence-corrected chi connectivity index (χ3v) is 4.69. The molecular weight excluding hydrogens is 198 g/mol. The Morgan fingerprint density at radius 3 is 2.62 bits per heavy atom. The standard InChI is InChI=1S/C14H27NO/c1-11-4-3-7-14(16,8-5-11)13-10-12(2)6-9-15-13/h11-13,15-16H,3-10H2,1-2H3. The third-order valence-electron chi connectivity index (χ3n) is 4.69. The molecule has 0 amide bonds. The van der Waals surface area contributed by atoms with Crippen LogP contribution in [0.2, 0.25) is 0 Å². The fraction of sp³-hybridized carbons (Fsp3) is 1.00. The highest BCUT2D eigenvalue weighted by atomic mass is 16.3. The number of nitrogens with one attached hydrogen (secondary N) is 1. The van der Waals surface area contributed by atoms with E-state index in [1.165, 1.54) is 25.7 Å². The van der Waals surface area contributed by atoms with E-state index in [2.05, 4.69) is 19.2 Å². The summed E-state index contributed by atoms with van der Waals surface area (Å²) < 4.78 is 0. The second-order valence-electron chi connectivity index (χ2n) is 6.28. The van der Waals surface area contributed by atoms with Crippen LogP contribution in [-0.2, 0) is 0 Å². The molecule has 1 saturated carbocycles. The monoisotopic (exact) mass is 225 g/mol. The number of aliphatic hydroxyl groups is 1. The lowest BCUT2D eigenvalue weighted by atomic mass is 9.79. The van der Waals surface area contributed by atoms with Gasteiger partial charge in [-0.05, 0) is 50.5 Å². The maximum absolute atomic E-state index is 10.8. The molecule has 2 fully saturated rings. The van der Waals surface area contributed by atoms with Crippen LogP contribution in [0.25, 0.3) is 0 Å². The predicted octanol–water partition coefficient (Wildman–Crippen LogP) is 2.71. The van der Waals surface area contributed by atoms with Crippen LogP contribution < -0.4 is 5.32 Å². The van der Waals surface area contributed by atoms with E-state index in [0.29, 0.717) is 6.04 Å². The number of hydrogen-bond acceptors (Lipinski definition) is 2. The lowest BCUT2D eigenvalue weighted by molar-refractivity contribution is -0.0268. The summed E-state index contributed by atoms with van der Waals surface area (Å²) in [5.41, 5.74) is -0.417. The zero-order chi connectivity index (χ0) is 11.6. The van der Waals surface area contributed by atoms with Crippen molar-refractivity contribution in [3.63, 3.8) is 0 Å². The summed E-state index contributed by atoms with van der Waals surface area (Å²) in [6.07, 6.45) is 8.12. The largest absolute Gasteiger partial charge is 0.388 e. The maximum Gasteiger partial charge on any atom is 0.0800 e. The smallest absolute Gasteiger partial charge is 0.0800 e. The molecule has 1 saturated heterocycles. The van der Waals surface area contributed by atoms with Crippen LogP contribution in [0.5, 0.6) is 0 Å². The molecule has 1 heterocycles. The van der Waals surface area contributed by atoms with E-state index < -0.39 is 5.60 Å². The summed E-state index contributed by atoms with van der Waals surface area (Å²) in [6.45, 7) is 5.73. The Balaban J connectivity index is 1.99. The van der Waals surface area contributed by atoms with Crippen molar-refractivity contribution in [2.45, 2.75) is 70.4 Å². The summed E-state index contributed by atoms with van der Waals surface area (Å²) in [4.78, 5) is 0. The molecule has 0 aromatic heterocycles. The van der Waals surface area contributed by atoms with Gasteiger partial charge in [-0.3, -0.25) is 0 Å². The summed E-state index contributed by atoms with van der Waals surface area (Å²) in [5, 5.41) is 14.4. The number of hydrogen-bond donors (Lipinski definition) is 2. The van der Waals surface area contributed by atoms with Crippen molar-refractivity contribution in [3.8, 4) is 0 Å². The second-order valence-corrected chi connectivity index (χ2v) is 6.28. The second kappa shape index (κ2) is 5.05. The van der Waals surface area contributed by atoms with Crippen LogP contribution in [-0.4, -0.2) is 23.3 Å². The van der Waals surface area contributed by atoms with Crippen LogP contribution in [0.3, 0.4) is 0 Å². The van der Waals surface area contributed by atoms with E-state index in [9.17, 15) is 5.11 Å². The lowest BCUT2D eigenvalue weighted by Gasteiger charge is -2.40. The Hall–Kier alpha value is -0.0800. The fourth-order valence-electron chi connectivity index (χ4n) is 3.39. The molecule has 0 aromatic rings. The van der Waals surface area contributed by atoms with Gasteiger partial charge >= 0.3 is 0 Å². The molecule has 0 bridgehead atoms. The van der Waals surface area contributed by atoms with Crippen LogP contribution in [0, 0.1) is 11.8 Å². The Bertz CT molecular complexity index is 231. The van der Waals surface area contributed by atoms with Gasteiger partial charge in [0.2, 0.25) is 0 Å². The topological polar surface area (TPSA) is 32.3 Å². The van der Waals surface area contributed by atoms with Gasteiger partial charge in [0, 0.05) is 6.04 Å². The first-order chi connectivity index (χ1) is 7.60. The summed E-state index contributed by atoms with van der Waals surface area (Å²) >= 11 is 0. The van der Waals surface area contributed by atoms with Crippen molar-refractivity contribution in [1.82, 2.24) is 5.32 Å². The first kappa shape index (κ1) is 12.4. The van der Waals surface area contributed by atoms with Crippen LogP contribution in [0.1, 0.15) is 58.8 Å². The Morgan fingerprint density at radius 1 is 1.06 bits per heavy atom. The maximum atomic E-state index is 10.8. The van der Waals surface area contributed by atoms with Crippen molar-refractivity contribution in [2.75, 3.05) is 6.54 Å². The van der Waals surface area contributed by atoms with Crippen LogP contribution in [0.15, 0.2) is 0 Å². The normalized spacial score (nSPS) is 46.3. The molecule has 2 nitrogen and oxygen atoms in total. The van der Waals surface area contributed by atoms with Gasteiger partial charge < -0.3 is 10.4 Å². The summed E-state index contributed by atoms with van der Waals surface area (Å²) in [7, 11) is 0. The van der Waals surface area contributed by atoms with Crippen molar-refractivity contribution in [2.24, 2.45) is 11.8 Å². The van der Waals surface area contributed by atoms with E-state index in [4.69, 9.17) is 0 Å². The van der Waals surface area contributed by atoms with Gasteiger partial charge in [-0.2, -0.15) is 0 Å². The molecule has 0 spiro atoms. The van der Waals surface area contributed by atoms with Gasteiger partial charge in [0.05, 0.1) is 5.60 Å². The van der Waals surface area contributed by atoms with Gasteiger partial charge in [0.1, 0.15) is 0 Å². The molecule has 2 rings (SSSR count). The lowest BCUT2D eigenvalue weighted by Crippen LogP contribution is -2.54. The zero-order valence-electron chi connectivity index (χ0n) is 10.8. The van der Waals surface area contributed by atoms with E-state index in [0.717, 1.165) is 37.6 Å². The predicted molar refractivity (Wildman–Crippen MR) is 67.4 cm³/mol. The van der Waals surface area contributed by atoms with Crippen molar-refractivity contribution >= 4 is 0 Å². The molecule has 4 unspecified atom stereocenters. The van der Waals surface area contributed by atoms with Crippen LogP contribution >= 0.6 is 0 Å². The van der Waals surface area contributed by atoms with E-state index in [1.807, 2.05) is 0 Å². The average molecular weight is 225 g/mol. The molecule has 2 aliphatic rings. The zero-order valence-corrected chi connectivity index (χ0v) is 10.8. The van der Waals surface area contributed by atoms with E-state index in [1.54, 1.807) is 0 Å². The minimum Gasteiger partial charge on any atom is -0.388 e. The minimum absolute atomic E-state index is 0.349. The molecule has 0 aromatic carbocycles. The Labute approximate surface area is 99.8 Å². The average Bonchev–Trinajstić information content (AvgIpc) is 2.42. The first-order valence-electron chi connectivity index (χ1n) is 7.06. The molecule has 4 atom stereocenters. The molecule has 1 aliphatic carbocycles. The number of piperidine rings is 1. The van der Waals surface area contributed by atoms with E-state index >= 15 is 0 Å². The third kappa shape index (κ3) is 2.78. The summed E-state index contributed by atoms with van der Waals surface area (Å²) in [5.74, 6) is 1.57. The van der Waals surface area contributed by atoms with Gasteiger partial charge in [-0.25, -0.2) is 0 Å². The highest BCUT2D eigenvalue weighted by molar-refractivity contribution is 4.96. The minimum atomic E-state index is -0.417. The van der Waals surface area contributed by atoms with Crippen molar-refractivity contribution in [1.29, 1.82) is 0 Å². The Kier molecular flexibility index (Phi) is 3.91. The molecular formula is C14H27NO. The van der Waals surface area contributed by atoms with Crippen LogP contribution in [0.4, 0.5) is 0 Å². The highest BCUT2D eigenvalue weighted by Gasteiger charge is 2.39. The summed E-state index contributed by atoms with van der Waals surface area (Å²) in [6, 6.07) is 0.349. The molecule has 2 N–H and O–H groups in total. The van der Waals surface area contributed by atoms with Gasteiger partial charge in [-0.1, -0.05) is 26.7 Å². The highest BCUT2D eigenvalue weighted by Crippen LogP contribution is 2.35. The molecule has 1 aliphatic heterocycles. The van der Waals surface area contributed by atoms with Gasteiger partial charge in [0.25, 0.3) is 0 Å². The fourth-order valence-corrected chi connectivity index (χ4v) is 3.39.